The molecule has 1 saturated heterocycles. The smallest absolute Gasteiger partial charge is 0.317 e. The zero-order valence-electron chi connectivity index (χ0n) is 15.8. The number of hydrogen-bond acceptors (Lipinski definition) is 4. The number of ether oxygens (including phenoxy) is 1. The van der Waals surface area contributed by atoms with E-state index >= 15 is 0 Å². The normalized spacial score (nSPS) is 39.9. The molecule has 0 aromatic carbocycles. The largest absolute Gasteiger partial charge is 0.383 e. The topological polar surface area (TPSA) is 75.7 Å². The van der Waals surface area contributed by atoms with Crippen LogP contribution in [0.4, 0.5) is 4.79 Å². The number of hydrogen-bond donors (Lipinski definition) is 1. The lowest BCUT2D eigenvalue weighted by Crippen LogP contribution is -2.54. The van der Waals surface area contributed by atoms with Gasteiger partial charge in [0.15, 0.2) is 9.84 Å². The summed E-state index contributed by atoms with van der Waals surface area (Å²) in [4.78, 5) is 14.6. The number of amides is 2. The van der Waals surface area contributed by atoms with Crippen LogP contribution in [-0.4, -0.2) is 63.7 Å². The fourth-order valence-electron chi connectivity index (χ4n) is 6.53. The summed E-state index contributed by atoms with van der Waals surface area (Å²) in [6.45, 7) is 1.63. The van der Waals surface area contributed by atoms with Crippen LogP contribution in [0.25, 0.3) is 0 Å². The van der Waals surface area contributed by atoms with Crippen LogP contribution in [0.1, 0.15) is 44.9 Å². The average Bonchev–Trinajstić information content (AvgIpc) is 2.92. The molecular formula is C19H32N2O4S. The average molecular weight is 385 g/mol. The molecule has 7 heteroatoms. The van der Waals surface area contributed by atoms with Crippen LogP contribution < -0.4 is 5.32 Å². The van der Waals surface area contributed by atoms with E-state index < -0.39 is 9.84 Å². The highest BCUT2D eigenvalue weighted by Gasteiger charge is 2.51. The van der Waals surface area contributed by atoms with E-state index in [0.29, 0.717) is 25.0 Å². The van der Waals surface area contributed by atoms with Gasteiger partial charge < -0.3 is 15.0 Å². The monoisotopic (exact) mass is 384 g/mol. The summed E-state index contributed by atoms with van der Waals surface area (Å²) in [5.74, 6) is 2.86. The molecule has 1 N–H and O–H groups in total. The van der Waals surface area contributed by atoms with Crippen LogP contribution in [0.2, 0.25) is 0 Å². The molecule has 1 atom stereocenters. The van der Waals surface area contributed by atoms with Gasteiger partial charge in [-0.1, -0.05) is 0 Å². The third-order valence-corrected chi connectivity index (χ3v) is 8.98. The number of carbonyl (C=O) groups is 1. The van der Waals surface area contributed by atoms with E-state index in [0.717, 1.165) is 24.3 Å². The summed E-state index contributed by atoms with van der Waals surface area (Å²) in [6, 6.07) is -0.327. The summed E-state index contributed by atoms with van der Waals surface area (Å²) in [7, 11) is -1.41. The molecule has 0 aromatic heterocycles. The van der Waals surface area contributed by atoms with Crippen molar-refractivity contribution in [2.75, 3.05) is 38.3 Å². The molecule has 2 amide bonds. The standard InChI is InChI=1S/C19H32N2O4S/c1-25-4-3-21(17-2-5-26(23,24)12-17)18(22)20-13-19-9-14-6-15(10-19)8-16(7-14)11-19/h14-17H,2-13H2,1H3,(H,20,22). The lowest BCUT2D eigenvalue weighted by Gasteiger charge is -2.57. The first-order valence-corrected chi connectivity index (χ1v) is 11.9. The van der Waals surface area contributed by atoms with Crippen molar-refractivity contribution >= 4 is 15.9 Å². The second-order valence-corrected chi connectivity index (χ2v) is 11.5. The van der Waals surface area contributed by atoms with Gasteiger partial charge in [0.25, 0.3) is 0 Å². The summed E-state index contributed by atoms with van der Waals surface area (Å²) in [5.41, 5.74) is 0.291. The molecule has 0 radical (unpaired) electrons. The summed E-state index contributed by atoms with van der Waals surface area (Å²) >= 11 is 0. The summed E-state index contributed by atoms with van der Waals surface area (Å²) < 4.78 is 28.8. The summed E-state index contributed by atoms with van der Waals surface area (Å²) in [5, 5.41) is 3.19. The lowest BCUT2D eigenvalue weighted by atomic mass is 9.49. The number of urea groups is 1. The van der Waals surface area contributed by atoms with Crippen LogP contribution in [0.15, 0.2) is 0 Å². The molecule has 4 saturated carbocycles. The van der Waals surface area contributed by atoms with E-state index in [1.807, 2.05) is 0 Å². The second-order valence-electron chi connectivity index (χ2n) is 9.32. The molecule has 4 aliphatic carbocycles. The van der Waals surface area contributed by atoms with Crippen LogP contribution in [0.3, 0.4) is 0 Å². The van der Waals surface area contributed by atoms with Gasteiger partial charge in [-0.2, -0.15) is 0 Å². The van der Waals surface area contributed by atoms with Crippen molar-refractivity contribution in [3.05, 3.63) is 0 Å². The Morgan fingerprint density at radius 2 is 1.77 bits per heavy atom. The van der Waals surface area contributed by atoms with Crippen molar-refractivity contribution in [2.24, 2.45) is 23.2 Å². The van der Waals surface area contributed by atoms with E-state index in [1.54, 1.807) is 12.0 Å². The van der Waals surface area contributed by atoms with Gasteiger partial charge in [-0.3, -0.25) is 0 Å². The lowest BCUT2D eigenvalue weighted by molar-refractivity contribution is -0.0504. The van der Waals surface area contributed by atoms with Gasteiger partial charge in [0.05, 0.1) is 18.1 Å². The fourth-order valence-corrected chi connectivity index (χ4v) is 8.26. The first-order chi connectivity index (χ1) is 12.4. The van der Waals surface area contributed by atoms with E-state index in [9.17, 15) is 13.2 Å². The molecule has 5 fully saturated rings. The highest BCUT2D eigenvalue weighted by Crippen LogP contribution is 2.59. The Kier molecular flexibility index (Phi) is 4.97. The molecule has 1 unspecified atom stereocenters. The first-order valence-electron chi connectivity index (χ1n) is 10.1. The van der Waals surface area contributed by atoms with Crippen molar-refractivity contribution in [2.45, 2.75) is 51.0 Å². The maximum absolute atomic E-state index is 12.9. The highest BCUT2D eigenvalue weighted by molar-refractivity contribution is 7.91. The van der Waals surface area contributed by atoms with Crippen LogP contribution in [0.5, 0.6) is 0 Å². The maximum atomic E-state index is 12.9. The SMILES string of the molecule is COCCN(C(=O)NCC12CC3CC(CC(C3)C1)C2)C1CCS(=O)(=O)C1. The molecular weight excluding hydrogens is 352 g/mol. The van der Waals surface area contributed by atoms with E-state index in [2.05, 4.69) is 5.32 Å². The maximum Gasteiger partial charge on any atom is 0.317 e. The minimum Gasteiger partial charge on any atom is -0.383 e. The summed E-state index contributed by atoms with van der Waals surface area (Å²) in [6.07, 6.45) is 8.50. The number of nitrogens with zero attached hydrogens (tertiary/aromatic N) is 1. The van der Waals surface area contributed by atoms with Gasteiger partial charge in [0.1, 0.15) is 0 Å². The number of methoxy groups -OCH3 is 1. The molecule has 6 nitrogen and oxygen atoms in total. The van der Waals surface area contributed by atoms with E-state index in [1.165, 1.54) is 38.5 Å². The van der Waals surface area contributed by atoms with Crippen molar-refractivity contribution < 1.29 is 17.9 Å². The molecule has 5 rings (SSSR count). The van der Waals surface area contributed by atoms with Crippen molar-refractivity contribution in [1.29, 1.82) is 0 Å². The van der Waals surface area contributed by atoms with Crippen molar-refractivity contribution in [1.82, 2.24) is 10.2 Å². The molecule has 0 spiro atoms. The van der Waals surface area contributed by atoms with Crippen LogP contribution in [-0.2, 0) is 14.6 Å². The molecule has 0 aromatic rings. The second kappa shape index (κ2) is 6.97. The molecule has 1 heterocycles. The Balaban J connectivity index is 1.39. The number of sulfone groups is 1. The Labute approximate surface area is 156 Å². The minimum atomic E-state index is -3.01. The molecule has 5 aliphatic rings. The molecule has 4 bridgehead atoms. The van der Waals surface area contributed by atoms with Gasteiger partial charge in [-0.25, -0.2) is 13.2 Å². The number of nitrogens with one attached hydrogen (secondary N) is 1. The fraction of sp³-hybridized carbons (Fsp3) is 0.947. The highest BCUT2D eigenvalue weighted by atomic mass is 32.2. The Hall–Kier alpha value is -0.820. The zero-order chi connectivity index (χ0) is 18.4. The molecule has 1 aliphatic heterocycles. The number of carbonyl (C=O) groups excluding carboxylic acids is 1. The molecule has 26 heavy (non-hydrogen) atoms. The van der Waals surface area contributed by atoms with Crippen LogP contribution in [0, 0.1) is 23.2 Å². The quantitative estimate of drug-likeness (QED) is 0.760. The van der Waals surface area contributed by atoms with Gasteiger partial charge in [0, 0.05) is 26.2 Å². The Bertz CT molecular complexity index is 613. The van der Waals surface area contributed by atoms with Crippen LogP contribution >= 0.6 is 0 Å². The Morgan fingerprint density at radius 3 is 2.27 bits per heavy atom. The van der Waals surface area contributed by atoms with Crippen molar-refractivity contribution in [3.63, 3.8) is 0 Å². The van der Waals surface area contributed by atoms with Crippen molar-refractivity contribution in [3.8, 4) is 0 Å². The zero-order valence-corrected chi connectivity index (χ0v) is 16.6. The third kappa shape index (κ3) is 3.75. The Morgan fingerprint density at radius 1 is 1.15 bits per heavy atom. The van der Waals surface area contributed by atoms with Gasteiger partial charge >= 0.3 is 6.03 Å². The van der Waals surface area contributed by atoms with Gasteiger partial charge in [-0.05, 0) is 68.1 Å². The minimum absolute atomic E-state index is 0.0848. The van der Waals surface area contributed by atoms with Gasteiger partial charge in [0.2, 0.25) is 0 Å². The molecule has 148 valence electrons. The van der Waals surface area contributed by atoms with E-state index in [4.69, 9.17) is 4.74 Å². The third-order valence-electron chi connectivity index (χ3n) is 7.23. The van der Waals surface area contributed by atoms with Gasteiger partial charge in [-0.15, -0.1) is 0 Å². The predicted molar refractivity (Wildman–Crippen MR) is 99.6 cm³/mol. The predicted octanol–water partition coefficient (Wildman–Crippen LogP) is 2.05. The van der Waals surface area contributed by atoms with E-state index in [-0.39, 0.29) is 23.6 Å². The number of rotatable bonds is 6. The first kappa shape index (κ1) is 18.5.